The third-order valence-corrected chi connectivity index (χ3v) is 7.71. The Hall–Kier alpha value is -0.670. The Morgan fingerprint density at radius 3 is 2.43 bits per heavy atom. The topological polar surface area (TPSA) is 93.5 Å². The minimum Gasteiger partial charge on any atom is -0.390 e. The van der Waals surface area contributed by atoms with Crippen molar-refractivity contribution in [3.05, 3.63) is 0 Å². The highest BCUT2D eigenvalue weighted by Crippen LogP contribution is 2.63. The molecular formula is C18H27N3O2. The molecular weight excluding hydrogens is 290 g/mol. The van der Waals surface area contributed by atoms with E-state index < -0.39 is 11.8 Å². The van der Waals surface area contributed by atoms with Crippen molar-refractivity contribution in [2.24, 2.45) is 28.9 Å². The Morgan fingerprint density at radius 1 is 1.13 bits per heavy atom. The van der Waals surface area contributed by atoms with Crippen LogP contribution in [0.15, 0.2) is 0 Å². The molecule has 5 heteroatoms. The third-order valence-electron chi connectivity index (χ3n) is 7.71. The first kappa shape index (κ1) is 14.7. The summed E-state index contributed by atoms with van der Waals surface area (Å²) < 4.78 is 0. The number of aliphatic hydroxyl groups is 2. The average Bonchev–Trinajstić information content (AvgIpc) is 3.14. The number of fused-ring (bicyclic) bond motifs is 1. The second-order valence-electron chi connectivity index (χ2n) is 9.38. The SMILES string of the molecule is N#CC1CC2CC2N1C(O)C(N)C12CC3CC(CC(O)(C3)C1)C2. The monoisotopic (exact) mass is 317 g/mol. The molecule has 6 fully saturated rings. The molecule has 5 aliphatic carbocycles. The summed E-state index contributed by atoms with van der Waals surface area (Å²) in [5.41, 5.74) is 5.95. The Labute approximate surface area is 137 Å². The van der Waals surface area contributed by atoms with E-state index in [1.165, 1.54) is 6.42 Å². The molecule has 0 aromatic carbocycles. The summed E-state index contributed by atoms with van der Waals surface area (Å²) in [5.74, 6) is 1.72. The molecule has 126 valence electrons. The maximum atomic E-state index is 11.0. The van der Waals surface area contributed by atoms with Crippen LogP contribution in [-0.4, -0.2) is 45.1 Å². The fourth-order valence-corrected chi connectivity index (χ4v) is 7.17. The van der Waals surface area contributed by atoms with E-state index in [9.17, 15) is 15.5 Å². The van der Waals surface area contributed by atoms with E-state index >= 15 is 0 Å². The number of likely N-dealkylation sites (tertiary alicyclic amines) is 1. The molecule has 0 amide bonds. The van der Waals surface area contributed by atoms with Crippen LogP contribution < -0.4 is 5.73 Å². The zero-order valence-electron chi connectivity index (χ0n) is 13.6. The van der Waals surface area contributed by atoms with E-state index in [4.69, 9.17) is 5.73 Å². The first-order valence-electron chi connectivity index (χ1n) is 9.26. The van der Waals surface area contributed by atoms with Crippen molar-refractivity contribution >= 4 is 0 Å². The molecule has 0 radical (unpaired) electrons. The van der Waals surface area contributed by atoms with Crippen molar-refractivity contribution in [1.29, 1.82) is 5.26 Å². The number of nitriles is 1. The second-order valence-corrected chi connectivity index (χ2v) is 9.38. The Kier molecular flexibility index (Phi) is 2.86. The van der Waals surface area contributed by atoms with Crippen LogP contribution >= 0.6 is 0 Å². The number of hydrogen-bond donors (Lipinski definition) is 3. The molecule has 1 saturated heterocycles. The van der Waals surface area contributed by atoms with Crippen LogP contribution in [0.25, 0.3) is 0 Å². The summed E-state index contributed by atoms with van der Waals surface area (Å²) in [6.45, 7) is 0. The van der Waals surface area contributed by atoms with Crippen molar-refractivity contribution < 1.29 is 10.2 Å². The molecule has 4 N–H and O–H groups in total. The van der Waals surface area contributed by atoms with Crippen molar-refractivity contribution in [2.45, 2.75) is 81.3 Å². The van der Waals surface area contributed by atoms with Gasteiger partial charge in [0.15, 0.2) is 0 Å². The predicted molar refractivity (Wildman–Crippen MR) is 83.8 cm³/mol. The Morgan fingerprint density at radius 2 is 1.83 bits per heavy atom. The van der Waals surface area contributed by atoms with E-state index in [2.05, 4.69) is 6.07 Å². The molecule has 7 atom stereocenters. The predicted octanol–water partition coefficient (Wildman–Crippen LogP) is 0.950. The van der Waals surface area contributed by atoms with E-state index in [1.807, 2.05) is 4.90 Å². The van der Waals surface area contributed by atoms with Gasteiger partial charge in [0, 0.05) is 6.04 Å². The molecule has 23 heavy (non-hydrogen) atoms. The molecule has 0 spiro atoms. The van der Waals surface area contributed by atoms with Gasteiger partial charge in [-0.25, -0.2) is 0 Å². The summed E-state index contributed by atoms with van der Waals surface area (Å²) >= 11 is 0. The van der Waals surface area contributed by atoms with E-state index in [0.29, 0.717) is 23.8 Å². The Bertz CT molecular complexity index is 559. The minimum atomic E-state index is -0.739. The molecule has 1 aliphatic heterocycles. The molecule has 5 nitrogen and oxygen atoms in total. The standard InChI is InChI=1S/C18H27N3O2/c19-8-13-2-12-3-14(12)21(13)16(22)15(20)17-4-10-1-11(5-17)7-18(23,6-10)9-17/h10-16,22-23H,1-7,9,20H2. The second kappa shape index (κ2) is 4.49. The number of hydrogen-bond acceptors (Lipinski definition) is 5. The molecule has 6 rings (SSSR count). The van der Waals surface area contributed by atoms with E-state index in [-0.39, 0.29) is 17.5 Å². The van der Waals surface area contributed by atoms with Gasteiger partial charge >= 0.3 is 0 Å². The van der Waals surface area contributed by atoms with Crippen LogP contribution in [-0.2, 0) is 0 Å². The fourth-order valence-electron chi connectivity index (χ4n) is 7.17. The number of rotatable bonds is 3. The quantitative estimate of drug-likeness (QED) is 0.720. The van der Waals surface area contributed by atoms with Crippen LogP contribution in [0.3, 0.4) is 0 Å². The lowest BCUT2D eigenvalue weighted by Gasteiger charge is -2.62. The van der Waals surface area contributed by atoms with Gasteiger partial charge < -0.3 is 15.9 Å². The molecule has 7 unspecified atom stereocenters. The van der Waals surface area contributed by atoms with E-state index in [0.717, 1.165) is 44.9 Å². The molecule has 1 heterocycles. The molecule has 6 aliphatic rings. The van der Waals surface area contributed by atoms with Gasteiger partial charge in [-0.1, -0.05) is 0 Å². The summed E-state index contributed by atoms with van der Waals surface area (Å²) in [6.07, 6.45) is 7.14. The highest BCUT2D eigenvalue weighted by molar-refractivity contribution is 5.17. The van der Waals surface area contributed by atoms with Gasteiger partial charge in [0.1, 0.15) is 12.3 Å². The number of piperidine rings is 1. The van der Waals surface area contributed by atoms with Crippen molar-refractivity contribution in [3.63, 3.8) is 0 Å². The van der Waals surface area contributed by atoms with Gasteiger partial charge in [-0.05, 0) is 74.5 Å². The lowest BCUT2D eigenvalue weighted by molar-refractivity contribution is -0.189. The van der Waals surface area contributed by atoms with Gasteiger partial charge in [-0.3, -0.25) is 4.90 Å². The lowest BCUT2D eigenvalue weighted by Crippen LogP contribution is -2.66. The van der Waals surface area contributed by atoms with Crippen molar-refractivity contribution in [1.82, 2.24) is 4.90 Å². The molecule has 0 aromatic heterocycles. The summed E-state index contributed by atoms with van der Waals surface area (Å²) in [4.78, 5) is 2.00. The highest BCUT2D eigenvalue weighted by Gasteiger charge is 2.62. The van der Waals surface area contributed by atoms with Gasteiger partial charge in [0.05, 0.1) is 17.7 Å². The smallest absolute Gasteiger partial charge is 0.124 e. The minimum absolute atomic E-state index is 0.134. The molecule has 5 saturated carbocycles. The van der Waals surface area contributed by atoms with E-state index in [1.54, 1.807) is 0 Å². The van der Waals surface area contributed by atoms with Gasteiger partial charge in [-0.2, -0.15) is 5.26 Å². The van der Waals surface area contributed by atoms with Gasteiger partial charge in [0.2, 0.25) is 0 Å². The molecule has 0 aromatic rings. The molecule has 4 bridgehead atoms. The van der Waals surface area contributed by atoms with Crippen LogP contribution in [0, 0.1) is 34.5 Å². The van der Waals surface area contributed by atoms with Crippen LogP contribution in [0.1, 0.15) is 51.4 Å². The summed E-state index contributed by atoms with van der Waals surface area (Å²) in [6, 6.07) is 2.18. The van der Waals surface area contributed by atoms with Gasteiger partial charge in [0.25, 0.3) is 0 Å². The highest BCUT2D eigenvalue weighted by atomic mass is 16.3. The van der Waals surface area contributed by atoms with Crippen molar-refractivity contribution in [2.75, 3.05) is 0 Å². The summed E-state index contributed by atoms with van der Waals surface area (Å²) in [5, 5.41) is 31.3. The summed E-state index contributed by atoms with van der Waals surface area (Å²) in [7, 11) is 0. The maximum Gasteiger partial charge on any atom is 0.124 e. The first-order chi connectivity index (χ1) is 10.9. The van der Waals surface area contributed by atoms with Crippen molar-refractivity contribution in [3.8, 4) is 6.07 Å². The fraction of sp³-hybridized carbons (Fsp3) is 0.944. The lowest BCUT2D eigenvalue weighted by atomic mass is 9.46. The maximum absolute atomic E-state index is 11.0. The number of nitrogens with zero attached hydrogens (tertiary/aromatic N) is 2. The zero-order chi connectivity index (χ0) is 16.0. The zero-order valence-corrected chi connectivity index (χ0v) is 13.6. The van der Waals surface area contributed by atoms with Crippen LogP contribution in [0.2, 0.25) is 0 Å². The third kappa shape index (κ3) is 1.99. The van der Waals surface area contributed by atoms with Crippen LogP contribution in [0.5, 0.6) is 0 Å². The van der Waals surface area contributed by atoms with Crippen LogP contribution in [0.4, 0.5) is 0 Å². The number of nitrogens with two attached hydrogens (primary N) is 1. The number of aliphatic hydroxyl groups excluding tert-OH is 1. The van der Waals surface area contributed by atoms with Gasteiger partial charge in [-0.15, -0.1) is 0 Å². The Balaban J connectivity index is 1.42. The first-order valence-corrected chi connectivity index (χ1v) is 9.26. The average molecular weight is 317 g/mol. The normalized spacial score (nSPS) is 56.2. The largest absolute Gasteiger partial charge is 0.390 e.